The third-order valence-corrected chi connectivity index (χ3v) is 6.22. The van der Waals surface area contributed by atoms with Gasteiger partial charge in [0.15, 0.2) is 0 Å². The minimum absolute atomic E-state index is 0.0272. The Balaban J connectivity index is 1.46. The normalized spacial score (nSPS) is 12.9. The molecule has 3 aromatic carbocycles. The molecule has 38 heavy (non-hydrogen) atoms. The highest BCUT2D eigenvalue weighted by molar-refractivity contribution is 7.92. The van der Waals surface area contributed by atoms with E-state index in [2.05, 4.69) is 10.0 Å². The molecule has 0 saturated carbocycles. The van der Waals surface area contributed by atoms with Crippen LogP contribution in [0.2, 0.25) is 0 Å². The number of rotatable bonds is 14. The first-order valence-corrected chi connectivity index (χ1v) is 13.8. The number of anilines is 1. The van der Waals surface area contributed by atoms with Crippen LogP contribution in [0, 0.1) is 0 Å². The second kappa shape index (κ2) is 13.1. The number of benzene rings is 3. The highest BCUT2D eigenvalue weighted by atomic mass is 32.2. The Morgan fingerprint density at radius 2 is 1.66 bits per heavy atom. The number of carbonyl (C=O) groups is 1. The molecule has 204 valence electrons. The van der Waals surface area contributed by atoms with Crippen LogP contribution in [-0.4, -0.2) is 56.7 Å². The van der Waals surface area contributed by atoms with Gasteiger partial charge in [-0.25, -0.2) is 8.42 Å². The molecule has 0 spiro atoms. The third-order valence-electron chi connectivity index (χ3n) is 5.62. The number of amides is 1. The minimum Gasteiger partial charge on any atom is -0.507 e. The summed E-state index contributed by atoms with van der Waals surface area (Å²) in [5.74, 6) is 0.0352. The van der Waals surface area contributed by atoms with Gasteiger partial charge in [-0.1, -0.05) is 31.2 Å². The van der Waals surface area contributed by atoms with Crippen LogP contribution in [0.4, 0.5) is 5.69 Å². The average Bonchev–Trinajstić information content (AvgIpc) is 2.86. The first-order valence-electron chi connectivity index (χ1n) is 11.9. The first-order chi connectivity index (χ1) is 18.0. The summed E-state index contributed by atoms with van der Waals surface area (Å²) in [6.07, 6.45) is 0.321. The Hall–Kier alpha value is -3.80. The van der Waals surface area contributed by atoms with Gasteiger partial charge in [-0.2, -0.15) is 0 Å². The number of aliphatic hydroxyl groups is 1. The Morgan fingerprint density at radius 1 is 1.00 bits per heavy atom. The van der Waals surface area contributed by atoms with Gasteiger partial charge >= 0.3 is 0 Å². The summed E-state index contributed by atoms with van der Waals surface area (Å²) < 4.78 is 36.4. The van der Waals surface area contributed by atoms with E-state index in [4.69, 9.17) is 15.2 Å². The van der Waals surface area contributed by atoms with Crippen molar-refractivity contribution >= 4 is 21.6 Å². The molecule has 0 saturated heterocycles. The topological polar surface area (TPSA) is 160 Å². The molecule has 0 aromatic heterocycles. The number of aliphatic hydroxyl groups excluding tert-OH is 1. The van der Waals surface area contributed by atoms with Gasteiger partial charge in [0.25, 0.3) is 5.91 Å². The molecular weight excluding hydrogens is 510 g/mol. The smallest absolute Gasteiger partial charge is 0.252 e. The number of phenols is 1. The number of ether oxygens (including phenoxy) is 2. The van der Waals surface area contributed by atoms with Gasteiger partial charge in [0.2, 0.25) is 10.0 Å². The molecule has 0 heterocycles. The third kappa shape index (κ3) is 8.94. The molecule has 0 aliphatic heterocycles. The molecule has 6 N–H and O–H groups in total. The summed E-state index contributed by atoms with van der Waals surface area (Å²) in [6, 6.07) is 18.7. The number of hydrogen-bond acceptors (Lipinski definition) is 8. The maximum Gasteiger partial charge on any atom is 0.252 e. The fourth-order valence-electron chi connectivity index (χ4n) is 3.75. The maximum atomic E-state index is 11.3. The first kappa shape index (κ1) is 28.8. The number of nitrogens with one attached hydrogen (secondary N) is 2. The molecule has 2 atom stereocenters. The Bertz CT molecular complexity index is 1330. The maximum absolute atomic E-state index is 11.3. The van der Waals surface area contributed by atoms with Crippen LogP contribution >= 0.6 is 0 Å². The van der Waals surface area contributed by atoms with Crippen LogP contribution in [0.25, 0.3) is 0 Å². The van der Waals surface area contributed by atoms with Crippen molar-refractivity contribution in [3.05, 3.63) is 83.4 Å². The molecule has 0 fully saturated rings. The van der Waals surface area contributed by atoms with Gasteiger partial charge in [0.05, 0.1) is 18.4 Å². The Labute approximate surface area is 222 Å². The average molecular weight is 544 g/mol. The van der Waals surface area contributed by atoms with E-state index in [1.807, 2.05) is 31.2 Å². The molecule has 3 rings (SSSR count). The molecule has 0 aliphatic rings. The van der Waals surface area contributed by atoms with Crippen LogP contribution < -0.4 is 25.2 Å². The van der Waals surface area contributed by atoms with E-state index in [0.717, 1.165) is 17.4 Å². The summed E-state index contributed by atoms with van der Waals surface area (Å²) >= 11 is 0. The highest BCUT2D eigenvalue weighted by Gasteiger charge is 2.14. The van der Waals surface area contributed by atoms with E-state index in [1.165, 1.54) is 12.1 Å². The predicted molar refractivity (Wildman–Crippen MR) is 145 cm³/mol. The standard InChI is InChI=1S/C27H33N3O7S/c1-18(16-36-23-11-12-25(27(28)33)26(32)13-23)24-6-4-3-5-19(24)14-29-15-21(31)17-37-22-9-7-20(8-10-22)30-38(2,34)35/h3-13,18,21,29-32H,14-17H2,1-2H3,(H2,28,33). The molecule has 0 aliphatic carbocycles. The van der Waals surface area contributed by atoms with Crippen LogP contribution in [0.3, 0.4) is 0 Å². The molecule has 3 aromatic rings. The van der Waals surface area contributed by atoms with E-state index < -0.39 is 22.0 Å². The molecule has 10 nitrogen and oxygen atoms in total. The zero-order valence-corrected chi connectivity index (χ0v) is 22.1. The molecular formula is C27H33N3O7S. The summed E-state index contributed by atoms with van der Waals surface area (Å²) in [7, 11) is -3.35. The monoisotopic (exact) mass is 543 g/mol. The van der Waals surface area contributed by atoms with E-state index in [-0.39, 0.29) is 23.8 Å². The van der Waals surface area contributed by atoms with Gasteiger partial charge in [-0.15, -0.1) is 0 Å². The van der Waals surface area contributed by atoms with Gasteiger partial charge in [0, 0.05) is 30.8 Å². The zero-order valence-electron chi connectivity index (χ0n) is 21.3. The van der Waals surface area contributed by atoms with Crippen LogP contribution in [0.5, 0.6) is 17.2 Å². The molecule has 2 unspecified atom stereocenters. The Morgan fingerprint density at radius 3 is 2.32 bits per heavy atom. The van der Waals surface area contributed by atoms with Gasteiger partial charge < -0.3 is 30.7 Å². The molecule has 11 heteroatoms. The lowest BCUT2D eigenvalue weighted by atomic mass is 9.96. The number of sulfonamides is 1. The van der Waals surface area contributed by atoms with Crippen molar-refractivity contribution in [1.29, 1.82) is 0 Å². The number of hydrogen-bond donors (Lipinski definition) is 5. The second-order valence-corrected chi connectivity index (χ2v) is 10.7. The van der Waals surface area contributed by atoms with Crippen molar-refractivity contribution in [3.63, 3.8) is 0 Å². The number of nitrogens with two attached hydrogens (primary N) is 1. The quantitative estimate of drug-likeness (QED) is 0.207. The lowest BCUT2D eigenvalue weighted by Crippen LogP contribution is -2.31. The fourth-order valence-corrected chi connectivity index (χ4v) is 4.32. The van der Waals surface area contributed by atoms with Crippen LogP contribution in [0.1, 0.15) is 34.3 Å². The van der Waals surface area contributed by atoms with E-state index in [9.17, 15) is 23.4 Å². The van der Waals surface area contributed by atoms with Crippen molar-refractivity contribution in [2.24, 2.45) is 5.73 Å². The van der Waals surface area contributed by atoms with Crippen molar-refractivity contribution in [2.45, 2.75) is 25.5 Å². The van der Waals surface area contributed by atoms with Crippen molar-refractivity contribution in [3.8, 4) is 17.2 Å². The van der Waals surface area contributed by atoms with Gasteiger partial charge in [0.1, 0.15) is 30.0 Å². The summed E-state index contributed by atoms with van der Waals surface area (Å²) in [6.45, 7) is 3.27. The Kier molecular flexibility index (Phi) is 9.94. The molecule has 0 bridgehead atoms. The predicted octanol–water partition coefficient (Wildman–Crippen LogP) is 2.57. The summed E-state index contributed by atoms with van der Waals surface area (Å²) in [5, 5.41) is 23.5. The van der Waals surface area contributed by atoms with E-state index >= 15 is 0 Å². The SMILES string of the molecule is CC(COc1ccc(C(N)=O)c(O)c1)c1ccccc1CNCC(O)COc1ccc(NS(C)(=O)=O)cc1. The van der Waals surface area contributed by atoms with Crippen LogP contribution in [-0.2, 0) is 16.6 Å². The number of carbonyl (C=O) groups excluding carboxylic acids is 1. The summed E-state index contributed by atoms with van der Waals surface area (Å²) in [5.41, 5.74) is 7.81. The van der Waals surface area contributed by atoms with Crippen molar-refractivity contribution in [2.75, 3.05) is 30.7 Å². The van der Waals surface area contributed by atoms with Crippen molar-refractivity contribution < 1.29 is 32.9 Å². The minimum atomic E-state index is -3.35. The lowest BCUT2D eigenvalue weighted by molar-refractivity contribution is 0.0997. The van der Waals surface area contributed by atoms with Crippen LogP contribution in [0.15, 0.2) is 66.7 Å². The fraction of sp³-hybridized carbons (Fsp3) is 0.296. The number of aromatic hydroxyl groups is 1. The van der Waals surface area contributed by atoms with E-state index in [0.29, 0.717) is 36.9 Å². The second-order valence-electron chi connectivity index (χ2n) is 8.95. The van der Waals surface area contributed by atoms with Gasteiger partial charge in [-0.3, -0.25) is 9.52 Å². The largest absolute Gasteiger partial charge is 0.507 e. The number of primary amides is 1. The summed E-state index contributed by atoms with van der Waals surface area (Å²) in [4.78, 5) is 11.3. The highest BCUT2D eigenvalue weighted by Crippen LogP contribution is 2.26. The lowest BCUT2D eigenvalue weighted by Gasteiger charge is -2.19. The molecule has 0 radical (unpaired) electrons. The van der Waals surface area contributed by atoms with Gasteiger partial charge in [-0.05, 0) is 47.5 Å². The zero-order chi connectivity index (χ0) is 27.7. The van der Waals surface area contributed by atoms with Crippen molar-refractivity contribution in [1.82, 2.24) is 5.32 Å². The molecule has 1 amide bonds. The van der Waals surface area contributed by atoms with E-state index in [1.54, 1.807) is 30.3 Å².